The van der Waals surface area contributed by atoms with Gasteiger partial charge in [0, 0.05) is 17.0 Å². The maximum atomic E-state index is 13.5. The Balaban J connectivity index is 2.33. The van der Waals surface area contributed by atoms with Crippen molar-refractivity contribution in [1.82, 2.24) is 5.32 Å². The quantitative estimate of drug-likeness (QED) is 0.838. The highest BCUT2D eigenvalue weighted by Crippen LogP contribution is 2.27. The van der Waals surface area contributed by atoms with Crippen molar-refractivity contribution < 1.29 is 4.39 Å². The van der Waals surface area contributed by atoms with Crippen molar-refractivity contribution in [1.29, 1.82) is 0 Å². The van der Waals surface area contributed by atoms with Gasteiger partial charge in [0.15, 0.2) is 0 Å². The number of hydrogen-bond acceptors (Lipinski definition) is 2. The summed E-state index contributed by atoms with van der Waals surface area (Å²) in [6, 6.07) is 8.89. The van der Waals surface area contributed by atoms with E-state index in [4.69, 9.17) is 0 Å². The fourth-order valence-corrected chi connectivity index (χ4v) is 2.38. The summed E-state index contributed by atoms with van der Waals surface area (Å²) in [5.41, 5.74) is 1.64. The molecule has 1 aromatic heterocycles. The lowest BCUT2D eigenvalue weighted by molar-refractivity contribution is 0.631. The van der Waals surface area contributed by atoms with Crippen LogP contribution in [0, 0.1) is 5.82 Å². The molecule has 0 aliphatic rings. The lowest BCUT2D eigenvalue weighted by atomic mass is 10.1. The van der Waals surface area contributed by atoms with Crippen LogP contribution < -0.4 is 5.32 Å². The molecule has 0 spiro atoms. The molecule has 0 saturated heterocycles. The maximum Gasteiger partial charge on any atom is 0.131 e. The Kier molecular flexibility index (Phi) is 3.14. The summed E-state index contributed by atoms with van der Waals surface area (Å²) in [6.07, 6.45) is 0. The van der Waals surface area contributed by atoms with Crippen LogP contribution in [0.25, 0.3) is 11.1 Å². The second kappa shape index (κ2) is 4.55. The zero-order valence-electron chi connectivity index (χ0n) is 8.46. The van der Waals surface area contributed by atoms with Gasteiger partial charge in [-0.25, -0.2) is 4.39 Å². The number of halogens is 1. The molecule has 1 heterocycles. The van der Waals surface area contributed by atoms with E-state index >= 15 is 0 Å². The van der Waals surface area contributed by atoms with Crippen molar-refractivity contribution >= 4 is 11.3 Å². The summed E-state index contributed by atoms with van der Waals surface area (Å²) in [4.78, 5) is 1.22. The molecule has 2 aromatic rings. The largest absolute Gasteiger partial charge is 0.315 e. The van der Waals surface area contributed by atoms with E-state index in [0.717, 1.165) is 12.1 Å². The van der Waals surface area contributed by atoms with Crippen LogP contribution >= 0.6 is 11.3 Å². The van der Waals surface area contributed by atoms with Gasteiger partial charge in [-0.15, -0.1) is 11.3 Å². The second-order valence-electron chi connectivity index (χ2n) is 3.31. The molecule has 3 heteroatoms. The van der Waals surface area contributed by atoms with Crippen LogP contribution in [0.15, 0.2) is 35.7 Å². The van der Waals surface area contributed by atoms with Gasteiger partial charge in [0.2, 0.25) is 0 Å². The number of benzene rings is 1. The van der Waals surface area contributed by atoms with E-state index in [1.165, 1.54) is 10.9 Å². The van der Waals surface area contributed by atoms with Crippen LogP contribution in [0.3, 0.4) is 0 Å². The Labute approximate surface area is 92.6 Å². The third-order valence-electron chi connectivity index (χ3n) is 2.19. The van der Waals surface area contributed by atoms with Gasteiger partial charge in [-0.3, -0.25) is 0 Å². The lowest BCUT2D eigenvalue weighted by Gasteiger charge is -1.98. The second-order valence-corrected chi connectivity index (χ2v) is 4.31. The average Bonchev–Trinajstić information content (AvgIpc) is 2.68. The maximum absolute atomic E-state index is 13.5. The van der Waals surface area contributed by atoms with E-state index in [0.29, 0.717) is 5.56 Å². The first-order chi connectivity index (χ1) is 7.31. The third-order valence-corrected chi connectivity index (χ3v) is 3.13. The van der Waals surface area contributed by atoms with E-state index in [2.05, 4.69) is 5.32 Å². The topological polar surface area (TPSA) is 12.0 Å². The first kappa shape index (κ1) is 10.3. The summed E-state index contributed by atoms with van der Waals surface area (Å²) < 4.78 is 13.5. The standard InChI is InChI=1S/C12H12FNS/c1-14-7-10-6-9(8-15-10)11-4-2-3-5-12(11)13/h2-6,8,14H,7H2,1H3. The zero-order chi connectivity index (χ0) is 10.7. The molecule has 2 rings (SSSR count). The van der Waals surface area contributed by atoms with Gasteiger partial charge >= 0.3 is 0 Å². The van der Waals surface area contributed by atoms with E-state index in [1.54, 1.807) is 23.5 Å². The highest BCUT2D eigenvalue weighted by atomic mass is 32.1. The smallest absolute Gasteiger partial charge is 0.131 e. The van der Waals surface area contributed by atoms with Gasteiger partial charge in [-0.05, 0) is 30.1 Å². The van der Waals surface area contributed by atoms with Gasteiger partial charge in [0.05, 0.1) is 0 Å². The molecule has 1 aromatic carbocycles. The molecule has 78 valence electrons. The molecule has 0 aliphatic heterocycles. The summed E-state index contributed by atoms with van der Waals surface area (Å²) in [5, 5.41) is 5.07. The molecule has 1 nitrogen and oxygen atoms in total. The first-order valence-electron chi connectivity index (χ1n) is 4.78. The van der Waals surface area contributed by atoms with Gasteiger partial charge in [-0.1, -0.05) is 18.2 Å². The van der Waals surface area contributed by atoms with Crippen LogP contribution in [0.5, 0.6) is 0 Å². The van der Waals surface area contributed by atoms with Gasteiger partial charge in [0.25, 0.3) is 0 Å². The molecule has 0 amide bonds. The summed E-state index contributed by atoms with van der Waals surface area (Å²) in [5.74, 6) is -0.161. The molecule has 0 radical (unpaired) electrons. The van der Waals surface area contributed by atoms with Crippen molar-refractivity contribution in [3.05, 3.63) is 46.4 Å². The normalized spacial score (nSPS) is 10.5. The molecule has 0 unspecified atom stereocenters. The predicted octanol–water partition coefficient (Wildman–Crippen LogP) is 3.27. The molecule has 0 atom stereocenters. The molecule has 0 bridgehead atoms. The minimum atomic E-state index is -0.161. The third kappa shape index (κ3) is 2.25. The monoisotopic (exact) mass is 221 g/mol. The Hall–Kier alpha value is -1.19. The van der Waals surface area contributed by atoms with Crippen molar-refractivity contribution in [3.8, 4) is 11.1 Å². The summed E-state index contributed by atoms with van der Waals surface area (Å²) in [6.45, 7) is 0.832. The number of nitrogens with one attached hydrogen (secondary N) is 1. The Bertz CT molecular complexity index is 450. The summed E-state index contributed by atoms with van der Waals surface area (Å²) in [7, 11) is 1.91. The SMILES string of the molecule is CNCc1cc(-c2ccccc2F)cs1. The first-order valence-corrected chi connectivity index (χ1v) is 5.66. The van der Waals surface area contributed by atoms with Crippen molar-refractivity contribution in [2.24, 2.45) is 0 Å². The van der Waals surface area contributed by atoms with Crippen LogP contribution in [0.4, 0.5) is 4.39 Å². The van der Waals surface area contributed by atoms with Crippen molar-refractivity contribution in [2.75, 3.05) is 7.05 Å². The van der Waals surface area contributed by atoms with Crippen LogP contribution in [-0.2, 0) is 6.54 Å². The zero-order valence-corrected chi connectivity index (χ0v) is 9.27. The number of rotatable bonds is 3. The highest BCUT2D eigenvalue weighted by molar-refractivity contribution is 7.10. The Morgan fingerprint density at radius 1 is 1.33 bits per heavy atom. The van der Waals surface area contributed by atoms with Gasteiger partial charge < -0.3 is 5.32 Å². The van der Waals surface area contributed by atoms with Crippen LogP contribution in [0.2, 0.25) is 0 Å². The van der Waals surface area contributed by atoms with E-state index in [-0.39, 0.29) is 5.82 Å². The predicted molar refractivity (Wildman–Crippen MR) is 62.5 cm³/mol. The number of thiophene rings is 1. The van der Waals surface area contributed by atoms with Crippen LogP contribution in [-0.4, -0.2) is 7.05 Å². The molecule has 0 fully saturated rings. The minimum absolute atomic E-state index is 0.161. The van der Waals surface area contributed by atoms with E-state index in [1.807, 2.05) is 24.6 Å². The van der Waals surface area contributed by atoms with E-state index < -0.39 is 0 Å². The lowest BCUT2D eigenvalue weighted by Crippen LogP contribution is -2.02. The van der Waals surface area contributed by atoms with Crippen molar-refractivity contribution in [2.45, 2.75) is 6.54 Å². The molecule has 1 N–H and O–H groups in total. The fraction of sp³-hybridized carbons (Fsp3) is 0.167. The van der Waals surface area contributed by atoms with Gasteiger partial charge in [-0.2, -0.15) is 0 Å². The van der Waals surface area contributed by atoms with Gasteiger partial charge in [0.1, 0.15) is 5.82 Å². The van der Waals surface area contributed by atoms with Crippen molar-refractivity contribution in [3.63, 3.8) is 0 Å². The van der Waals surface area contributed by atoms with Crippen LogP contribution in [0.1, 0.15) is 4.88 Å². The number of hydrogen-bond donors (Lipinski definition) is 1. The Morgan fingerprint density at radius 2 is 2.13 bits per heavy atom. The average molecular weight is 221 g/mol. The highest BCUT2D eigenvalue weighted by Gasteiger charge is 2.06. The molecule has 0 saturated carbocycles. The fourth-order valence-electron chi connectivity index (χ4n) is 1.48. The summed E-state index contributed by atoms with van der Waals surface area (Å²) >= 11 is 1.65. The molecular formula is C12H12FNS. The molecule has 0 aliphatic carbocycles. The Morgan fingerprint density at radius 3 is 2.87 bits per heavy atom. The van der Waals surface area contributed by atoms with E-state index in [9.17, 15) is 4.39 Å². The molecule has 15 heavy (non-hydrogen) atoms. The molecular weight excluding hydrogens is 209 g/mol. The minimum Gasteiger partial charge on any atom is -0.315 e.